The van der Waals surface area contributed by atoms with E-state index in [0.717, 1.165) is 10.9 Å². The quantitative estimate of drug-likeness (QED) is 0.783. The van der Waals surface area contributed by atoms with E-state index in [0.29, 0.717) is 5.56 Å². The molecular weight excluding hydrogens is 246 g/mol. The lowest BCUT2D eigenvalue weighted by molar-refractivity contribution is 0.0783. The van der Waals surface area contributed by atoms with Gasteiger partial charge in [-0.25, -0.2) is 4.79 Å². The second-order valence-corrected chi connectivity index (χ2v) is 3.36. The maximum atomic E-state index is 11.4. The Kier molecular flexibility index (Phi) is 2.29. The van der Waals surface area contributed by atoms with E-state index < -0.39 is 0 Å². The zero-order valence-corrected chi connectivity index (χ0v) is 9.11. The molecule has 4 heteroatoms. The number of halogens is 1. The molecule has 0 bridgehead atoms. The van der Waals surface area contributed by atoms with Crippen LogP contribution in [0.15, 0.2) is 30.5 Å². The third-order valence-electron chi connectivity index (χ3n) is 2.19. The minimum absolute atomic E-state index is 0.373. The van der Waals surface area contributed by atoms with Crippen LogP contribution in [-0.2, 0) is 10.9 Å². The van der Waals surface area contributed by atoms with Crippen LogP contribution in [0.4, 0.5) is 0 Å². The van der Waals surface area contributed by atoms with Gasteiger partial charge >= 0.3 is 5.97 Å². The smallest absolute Gasteiger partial charge is 0.351 e. The summed E-state index contributed by atoms with van der Waals surface area (Å²) in [6.45, 7) is 0. The number of nitrogens with zero attached hydrogens (tertiary/aromatic N) is 1. The van der Waals surface area contributed by atoms with Crippen molar-refractivity contribution in [3.05, 3.63) is 36.0 Å². The number of carbonyl (C=O) groups excluding carboxylic acids is 1. The molecule has 0 aliphatic heterocycles. The molecule has 0 spiro atoms. The van der Waals surface area contributed by atoms with E-state index in [2.05, 4.69) is 20.1 Å². The summed E-state index contributed by atoms with van der Waals surface area (Å²) in [5.74, 6) is -0.373. The van der Waals surface area contributed by atoms with Gasteiger partial charge in [-0.3, -0.25) is 0 Å². The SMILES string of the molecule is Cn1cc(C(=O)OBr)c2ccccc21. The summed E-state index contributed by atoms with van der Waals surface area (Å²) in [7, 11) is 1.90. The normalized spacial score (nSPS) is 10.4. The molecule has 0 N–H and O–H groups in total. The average Bonchev–Trinajstić information content (AvgIpc) is 2.56. The van der Waals surface area contributed by atoms with Crippen molar-refractivity contribution in [2.45, 2.75) is 0 Å². The fraction of sp³-hybridized carbons (Fsp3) is 0.100. The highest BCUT2D eigenvalue weighted by Crippen LogP contribution is 2.21. The van der Waals surface area contributed by atoms with Gasteiger partial charge in [0.2, 0.25) is 0 Å². The predicted octanol–water partition coefficient (Wildman–Crippen LogP) is 2.65. The van der Waals surface area contributed by atoms with E-state index >= 15 is 0 Å². The fourth-order valence-corrected chi connectivity index (χ4v) is 1.72. The van der Waals surface area contributed by atoms with Gasteiger partial charge in [0.05, 0.1) is 5.56 Å². The number of rotatable bonds is 1. The zero-order chi connectivity index (χ0) is 10.1. The molecule has 72 valence electrons. The van der Waals surface area contributed by atoms with E-state index in [9.17, 15) is 4.79 Å². The number of aromatic nitrogens is 1. The Hall–Kier alpha value is -1.29. The number of benzene rings is 1. The zero-order valence-electron chi connectivity index (χ0n) is 7.53. The molecule has 0 atom stereocenters. The molecule has 14 heavy (non-hydrogen) atoms. The van der Waals surface area contributed by atoms with Gasteiger partial charge in [0, 0.05) is 24.1 Å². The maximum Gasteiger partial charge on any atom is 0.351 e. The highest BCUT2D eigenvalue weighted by molar-refractivity contribution is 9.06. The number of para-hydroxylation sites is 1. The first kappa shape index (κ1) is 9.27. The van der Waals surface area contributed by atoms with Crippen LogP contribution in [0.3, 0.4) is 0 Å². The summed E-state index contributed by atoms with van der Waals surface area (Å²) in [5, 5.41) is 0.902. The number of aryl methyl sites for hydroxylation is 1. The molecule has 0 saturated carbocycles. The maximum absolute atomic E-state index is 11.4. The number of fused-ring (bicyclic) bond motifs is 1. The Morgan fingerprint density at radius 3 is 2.86 bits per heavy atom. The highest BCUT2D eigenvalue weighted by Gasteiger charge is 2.13. The van der Waals surface area contributed by atoms with Crippen molar-refractivity contribution in [2.75, 3.05) is 0 Å². The topological polar surface area (TPSA) is 31.2 Å². The first-order valence-electron chi connectivity index (χ1n) is 4.11. The highest BCUT2D eigenvalue weighted by atomic mass is 79.9. The van der Waals surface area contributed by atoms with Gasteiger partial charge in [0.15, 0.2) is 16.3 Å². The van der Waals surface area contributed by atoms with Crippen LogP contribution >= 0.6 is 16.3 Å². The van der Waals surface area contributed by atoms with Gasteiger partial charge in [0.1, 0.15) is 0 Å². The third-order valence-corrected chi connectivity index (χ3v) is 2.48. The van der Waals surface area contributed by atoms with Crippen LogP contribution in [0.1, 0.15) is 10.4 Å². The van der Waals surface area contributed by atoms with E-state index in [1.807, 2.05) is 35.9 Å². The Balaban J connectivity index is 2.72. The Labute approximate surface area is 89.7 Å². The van der Waals surface area contributed by atoms with Crippen molar-refractivity contribution in [2.24, 2.45) is 7.05 Å². The number of carbonyl (C=O) groups is 1. The average molecular weight is 254 g/mol. The molecule has 1 aromatic carbocycles. The third kappa shape index (κ3) is 1.32. The monoisotopic (exact) mass is 253 g/mol. The molecule has 1 heterocycles. The number of hydrogen-bond donors (Lipinski definition) is 0. The van der Waals surface area contributed by atoms with Crippen LogP contribution in [0, 0.1) is 0 Å². The van der Waals surface area contributed by atoms with Gasteiger partial charge in [-0.2, -0.15) is 0 Å². The van der Waals surface area contributed by atoms with Crippen molar-refractivity contribution >= 4 is 33.1 Å². The molecule has 2 rings (SSSR count). The molecule has 0 radical (unpaired) electrons. The van der Waals surface area contributed by atoms with Crippen molar-refractivity contribution < 1.29 is 8.62 Å². The van der Waals surface area contributed by atoms with Crippen molar-refractivity contribution in [1.82, 2.24) is 4.57 Å². The summed E-state index contributed by atoms with van der Waals surface area (Å²) < 4.78 is 6.42. The lowest BCUT2D eigenvalue weighted by Crippen LogP contribution is -1.95. The standard InChI is InChI=1S/C10H8BrNO2/c1-12-6-8(10(13)14-11)7-4-2-3-5-9(7)12/h2-6H,1H3. The molecule has 0 aliphatic carbocycles. The van der Waals surface area contributed by atoms with Crippen LogP contribution in [0.2, 0.25) is 0 Å². The first-order valence-corrected chi connectivity index (χ1v) is 4.76. The fourth-order valence-electron chi connectivity index (χ4n) is 1.55. The lowest BCUT2D eigenvalue weighted by atomic mass is 10.2. The molecule has 0 aliphatic rings. The van der Waals surface area contributed by atoms with E-state index in [1.54, 1.807) is 6.20 Å². The van der Waals surface area contributed by atoms with Gasteiger partial charge in [0.25, 0.3) is 0 Å². The first-order chi connectivity index (χ1) is 6.74. The number of hydrogen-bond acceptors (Lipinski definition) is 2. The Morgan fingerprint density at radius 1 is 1.43 bits per heavy atom. The molecule has 3 nitrogen and oxygen atoms in total. The van der Waals surface area contributed by atoms with Crippen LogP contribution < -0.4 is 0 Å². The lowest BCUT2D eigenvalue weighted by Gasteiger charge is -1.93. The van der Waals surface area contributed by atoms with Crippen molar-refractivity contribution in [3.8, 4) is 0 Å². The van der Waals surface area contributed by atoms with Gasteiger partial charge in [-0.1, -0.05) is 18.2 Å². The molecule has 0 amide bonds. The summed E-state index contributed by atoms with van der Waals surface area (Å²) in [5.41, 5.74) is 1.58. The summed E-state index contributed by atoms with van der Waals surface area (Å²) in [4.78, 5) is 11.4. The summed E-state index contributed by atoms with van der Waals surface area (Å²) in [6.07, 6.45) is 1.76. The van der Waals surface area contributed by atoms with Crippen LogP contribution in [0.5, 0.6) is 0 Å². The molecule has 1 aromatic heterocycles. The second kappa shape index (κ2) is 3.46. The predicted molar refractivity (Wildman–Crippen MR) is 57.3 cm³/mol. The largest absolute Gasteiger partial charge is 0.380 e. The molecule has 0 fully saturated rings. The minimum Gasteiger partial charge on any atom is -0.380 e. The van der Waals surface area contributed by atoms with Crippen molar-refractivity contribution in [1.29, 1.82) is 0 Å². The van der Waals surface area contributed by atoms with E-state index in [-0.39, 0.29) is 5.97 Å². The van der Waals surface area contributed by atoms with Crippen LogP contribution in [-0.4, -0.2) is 10.5 Å². The van der Waals surface area contributed by atoms with Gasteiger partial charge < -0.3 is 8.40 Å². The second-order valence-electron chi connectivity index (χ2n) is 3.04. The summed E-state index contributed by atoms with van der Waals surface area (Å²) >= 11 is 2.69. The molecule has 0 saturated heterocycles. The van der Waals surface area contributed by atoms with Gasteiger partial charge in [-0.05, 0) is 6.07 Å². The van der Waals surface area contributed by atoms with Gasteiger partial charge in [-0.15, -0.1) is 0 Å². The van der Waals surface area contributed by atoms with Crippen LogP contribution in [0.25, 0.3) is 10.9 Å². The van der Waals surface area contributed by atoms with E-state index in [1.165, 1.54) is 0 Å². The Bertz CT molecular complexity index is 490. The molecule has 2 aromatic rings. The summed E-state index contributed by atoms with van der Waals surface area (Å²) in [6, 6.07) is 7.69. The molecular formula is C10H8BrNO2. The molecule has 0 unspecified atom stereocenters. The Morgan fingerprint density at radius 2 is 2.14 bits per heavy atom. The van der Waals surface area contributed by atoms with E-state index in [4.69, 9.17) is 0 Å². The minimum atomic E-state index is -0.373. The van der Waals surface area contributed by atoms with Crippen molar-refractivity contribution in [3.63, 3.8) is 0 Å².